The summed E-state index contributed by atoms with van der Waals surface area (Å²) in [6.07, 6.45) is 2.23. The Morgan fingerprint density at radius 2 is 2.00 bits per heavy atom. The number of methoxy groups -OCH3 is 1. The average molecular weight is 299 g/mol. The van der Waals surface area contributed by atoms with Crippen molar-refractivity contribution in [1.82, 2.24) is 15.1 Å². The van der Waals surface area contributed by atoms with Crippen LogP contribution in [-0.4, -0.2) is 74.7 Å². The predicted molar refractivity (Wildman–Crippen MR) is 86.4 cm³/mol. The van der Waals surface area contributed by atoms with Crippen molar-refractivity contribution in [1.29, 1.82) is 0 Å². The van der Waals surface area contributed by atoms with Gasteiger partial charge in [0.05, 0.1) is 7.11 Å². The molecule has 0 heterocycles. The van der Waals surface area contributed by atoms with E-state index < -0.39 is 5.54 Å². The van der Waals surface area contributed by atoms with Gasteiger partial charge >= 0.3 is 5.97 Å². The zero-order valence-corrected chi connectivity index (χ0v) is 14.6. The minimum absolute atomic E-state index is 0.109. The van der Waals surface area contributed by atoms with Crippen LogP contribution in [0, 0.1) is 5.92 Å². The molecular formula is C16H33N3O2. The number of ether oxygens (including phenoxy) is 1. The fourth-order valence-corrected chi connectivity index (χ4v) is 3.25. The number of carbonyl (C=O) groups is 1. The lowest BCUT2D eigenvalue weighted by Gasteiger charge is -2.39. The van der Waals surface area contributed by atoms with Gasteiger partial charge in [-0.2, -0.15) is 0 Å². The lowest BCUT2D eigenvalue weighted by Crippen LogP contribution is -2.62. The lowest BCUT2D eigenvalue weighted by molar-refractivity contribution is -0.151. The Morgan fingerprint density at radius 3 is 2.38 bits per heavy atom. The maximum Gasteiger partial charge on any atom is 0.327 e. The molecule has 0 radical (unpaired) electrons. The highest BCUT2D eigenvalue weighted by Gasteiger charge is 2.52. The van der Waals surface area contributed by atoms with E-state index in [1.807, 2.05) is 0 Å². The van der Waals surface area contributed by atoms with Gasteiger partial charge in [0.15, 0.2) is 0 Å². The van der Waals surface area contributed by atoms with Gasteiger partial charge in [0, 0.05) is 19.1 Å². The quantitative estimate of drug-likeness (QED) is 0.614. The number of nitrogens with zero attached hydrogens (tertiary/aromatic N) is 2. The van der Waals surface area contributed by atoms with Crippen molar-refractivity contribution in [2.75, 3.05) is 47.4 Å². The van der Waals surface area contributed by atoms with E-state index in [2.05, 4.69) is 50.0 Å². The summed E-state index contributed by atoms with van der Waals surface area (Å²) < 4.78 is 5.14. The van der Waals surface area contributed by atoms with Gasteiger partial charge in [-0.05, 0) is 52.9 Å². The monoisotopic (exact) mass is 299 g/mol. The van der Waals surface area contributed by atoms with E-state index in [9.17, 15) is 4.79 Å². The van der Waals surface area contributed by atoms with E-state index in [1.54, 1.807) is 0 Å². The number of hydrogen-bond donors (Lipinski definition) is 1. The second kappa shape index (κ2) is 8.11. The molecule has 2 atom stereocenters. The van der Waals surface area contributed by atoms with E-state index in [4.69, 9.17) is 4.74 Å². The van der Waals surface area contributed by atoms with Crippen molar-refractivity contribution < 1.29 is 9.53 Å². The normalized spacial score (nSPS) is 19.6. The van der Waals surface area contributed by atoms with Gasteiger partial charge in [-0.15, -0.1) is 0 Å². The molecule has 0 bridgehead atoms. The average Bonchev–Trinajstić information content (AvgIpc) is 3.26. The minimum Gasteiger partial charge on any atom is -0.468 e. The third-order valence-electron chi connectivity index (χ3n) is 4.43. The molecule has 5 heteroatoms. The van der Waals surface area contributed by atoms with Crippen LogP contribution in [0.25, 0.3) is 0 Å². The molecule has 124 valence electrons. The molecule has 1 aliphatic carbocycles. The molecule has 1 rings (SSSR count). The van der Waals surface area contributed by atoms with Crippen molar-refractivity contribution in [3.8, 4) is 0 Å². The Bertz CT molecular complexity index is 331. The van der Waals surface area contributed by atoms with Gasteiger partial charge < -0.3 is 15.0 Å². The Labute approximate surface area is 130 Å². The highest BCUT2D eigenvalue weighted by atomic mass is 16.5. The summed E-state index contributed by atoms with van der Waals surface area (Å²) in [4.78, 5) is 17.1. The van der Waals surface area contributed by atoms with Gasteiger partial charge in [-0.1, -0.05) is 13.8 Å². The number of carbonyl (C=O) groups excluding carboxylic acids is 1. The minimum atomic E-state index is -0.542. The summed E-state index contributed by atoms with van der Waals surface area (Å²) in [6.45, 7) is 9.87. The zero-order valence-electron chi connectivity index (χ0n) is 14.6. The Morgan fingerprint density at radius 1 is 1.38 bits per heavy atom. The first-order valence-corrected chi connectivity index (χ1v) is 8.13. The summed E-state index contributed by atoms with van der Waals surface area (Å²) >= 11 is 0. The predicted octanol–water partition coefficient (Wildman–Crippen LogP) is 1.19. The van der Waals surface area contributed by atoms with E-state index in [-0.39, 0.29) is 5.97 Å². The first-order valence-electron chi connectivity index (χ1n) is 8.13. The number of esters is 1. The molecule has 1 aliphatic rings. The number of hydrogen-bond acceptors (Lipinski definition) is 5. The first kappa shape index (κ1) is 18.4. The summed E-state index contributed by atoms with van der Waals surface area (Å²) in [5.74, 6) is 0.299. The van der Waals surface area contributed by atoms with Crippen LogP contribution in [0.2, 0.25) is 0 Å². The Balaban J connectivity index is 2.89. The van der Waals surface area contributed by atoms with Gasteiger partial charge in [0.25, 0.3) is 0 Å². The van der Waals surface area contributed by atoms with Crippen LogP contribution in [0.1, 0.15) is 33.6 Å². The van der Waals surface area contributed by atoms with E-state index in [1.165, 1.54) is 7.11 Å². The Hall–Kier alpha value is -0.650. The molecule has 0 aliphatic heterocycles. The maximum absolute atomic E-state index is 12.5. The summed E-state index contributed by atoms with van der Waals surface area (Å²) in [7, 11) is 5.67. The molecule has 1 fully saturated rings. The van der Waals surface area contributed by atoms with Crippen LogP contribution in [0.15, 0.2) is 0 Å². The molecule has 0 amide bonds. The van der Waals surface area contributed by atoms with E-state index in [0.29, 0.717) is 12.0 Å². The first-order chi connectivity index (χ1) is 9.91. The van der Waals surface area contributed by atoms with Crippen LogP contribution < -0.4 is 5.32 Å². The molecule has 0 aromatic carbocycles. The molecule has 5 nitrogen and oxygen atoms in total. The molecule has 0 aromatic heterocycles. The third kappa shape index (κ3) is 4.66. The largest absolute Gasteiger partial charge is 0.468 e. The number of rotatable bonds is 10. The smallest absolute Gasteiger partial charge is 0.327 e. The van der Waals surface area contributed by atoms with Crippen molar-refractivity contribution in [2.45, 2.75) is 45.2 Å². The number of likely N-dealkylation sites (N-methyl/N-ethyl adjacent to an activating group) is 3. The zero-order chi connectivity index (χ0) is 16.0. The van der Waals surface area contributed by atoms with Gasteiger partial charge in [0.2, 0.25) is 0 Å². The standard InChI is InChI=1S/C16H33N3O2/c1-7-17-16(14-9-10-14,15(20)21-6)12-19(8-2)13(3)11-18(4)5/h13-14,17H,7-12H2,1-6H3. The van der Waals surface area contributed by atoms with Gasteiger partial charge in [-0.25, -0.2) is 4.79 Å². The summed E-state index contributed by atoms with van der Waals surface area (Å²) in [6, 6.07) is 0.409. The van der Waals surface area contributed by atoms with Crippen LogP contribution in [0.5, 0.6) is 0 Å². The molecule has 0 spiro atoms. The van der Waals surface area contributed by atoms with Crippen LogP contribution in [0.4, 0.5) is 0 Å². The SMILES string of the molecule is CCNC(CN(CC)C(C)CN(C)C)(C(=O)OC)C1CC1. The second-order valence-corrected chi connectivity index (χ2v) is 6.44. The van der Waals surface area contributed by atoms with Crippen molar-refractivity contribution in [2.24, 2.45) is 5.92 Å². The highest BCUT2D eigenvalue weighted by Crippen LogP contribution is 2.41. The molecule has 21 heavy (non-hydrogen) atoms. The van der Waals surface area contributed by atoms with Crippen LogP contribution in [0.3, 0.4) is 0 Å². The highest BCUT2D eigenvalue weighted by molar-refractivity contribution is 5.82. The molecule has 0 saturated heterocycles. The molecule has 1 saturated carbocycles. The maximum atomic E-state index is 12.5. The fraction of sp³-hybridized carbons (Fsp3) is 0.938. The van der Waals surface area contributed by atoms with Crippen molar-refractivity contribution in [3.05, 3.63) is 0 Å². The molecular weight excluding hydrogens is 266 g/mol. The van der Waals surface area contributed by atoms with Crippen molar-refractivity contribution in [3.63, 3.8) is 0 Å². The third-order valence-corrected chi connectivity index (χ3v) is 4.43. The lowest BCUT2D eigenvalue weighted by atomic mass is 9.91. The van der Waals surface area contributed by atoms with E-state index >= 15 is 0 Å². The van der Waals surface area contributed by atoms with Crippen molar-refractivity contribution >= 4 is 5.97 Å². The van der Waals surface area contributed by atoms with Gasteiger partial charge in [-0.3, -0.25) is 4.90 Å². The molecule has 1 N–H and O–H groups in total. The van der Waals surface area contributed by atoms with Crippen LogP contribution >= 0.6 is 0 Å². The molecule has 2 unspecified atom stereocenters. The topological polar surface area (TPSA) is 44.8 Å². The van der Waals surface area contributed by atoms with E-state index in [0.717, 1.165) is 39.0 Å². The fourth-order valence-electron chi connectivity index (χ4n) is 3.25. The van der Waals surface area contributed by atoms with Gasteiger partial charge in [0.1, 0.15) is 5.54 Å². The summed E-state index contributed by atoms with van der Waals surface area (Å²) in [5, 5.41) is 3.45. The van der Waals surface area contributed by atoms with Crippen LogP contribution in [-0.2, 0) is 9.53 Å². The number of nitrogens with one attached hydrogen (secondary N) is 1. The Kier molecular flexibility index (Phi) is 7.10. The molecule has 0 aromatic rings. The second-order valence-electron chi connectivity index (χ2n) is 6.44. The summed E-state index contributed by atoms with van der Waals surface area (Å²) in [5.41, 5.74) is -0.542.